The van der Waals surface area contributed by atoms with E-state index in [4.69, 9.17) is 0 Å². The van der Waals surface area contributed by atoms with E-state index in [0.29, 0.717) is 0 Å². The van der Waals surface area contributed by atoms with Gasteiger partial charge in [0.1, 0.15) is 10.3 Å². The summed E-state index contributed by atoms with van der Waals surface area (Å²) in [6, 6.07) is 10.7. The van der Waals surface area contributed by atoms with Gasteiger partial charge in [-0.05, 0) is 51.6 Å². The van der Waals surface area contributed by atoms with Gasteiger partial charge < -0.3 is 5.11 Å². The van der Waals surface area contributed by atoms with Crippen LogP contribution < -0.4 is 4.72 Å². The zero-order chi connectivity index (χ0) is 16.4. The van der Waals surface area contributed by atoms with E-state index in [2.05, 4.69) is 20.7 Å². The second-order valence-corrected chi connectivity index (χ2v) is 11.2. The van der Waals surface area contributed by atoms with E-state index in [1.807, 2.05) is 29.6 Å². The van der Waals surface area contributed by atoms with Gasteiger partial charge in [-0.2, -0.15) is 0 Å². The van der Waals surface area contributed by atoms with Gasteiger partial charge in [0.25, 0.3) is 0 Å². The van der Waals surface area contributed by atoms with Crippen molar-refractivity contribution in [3.05, 3.63) is 60.2 Å². The second-order valence-electron chi connectivity index (χ2n) is 4.61. The first-order valence-electron chi connectivity index (χ1n) is 6.51. The van der Waals surface area contributed by atoms with Gasteiger partial charge in [-0.15, -0.1) is 34.0 Å². The molecule has 0 aliphatic carbocycles. The molecule has 1 atom stereocenters. The van der Waals surface area contributed by atoms with Crippen LogP contribution in [-0.2, 0) is 16.6 Å². The molecule has 0 radical (unpaired) electrons. The fourth-order valence-electron chi connectivity index (χ4n) is 1.90. The number of hydrogen-bond donors (Lipinski definition) is 2. The predicted molar refractivity (Wildman–Crippen MR) is 98.7 cm³/mol. The van der Waals surface area contributed by atoms with Crippen molar-refractivity contribution in [2.45, 2.75) is 16.9 Å². The molecule has 3 rings (SSSR count). The van der Waals surface area contributed by atoms with Crippen molar-refractivity contribution in [3.8, 4) is 0 Å². The normalized spacial score (nSPS) is 13.3. The van der Waals surface area contributed by atoms with Crippen LogP contribution in [0.15, 0.2) is 49.8 Å². The third-order valence-electron chi connectivity index (χ3n) is 3.01. The molecule has 122 valence electrons. The standard InChI is InChI=1S/C14H12BrNO3S4/c15-12-5-6-13(22-12)23(18,19)16-8-9-3-4-11(21-9)14(17)10-2-1-7-20-10/h1-7,14,16-17H,8H2. The summed E-state index contributed by atoms with van der Waals surface area (Å²) in [5, 5.41) is 12.2. The van der Waals surface area contributed by atoms with Gasteiger partial charge in [0.15, 0.2) is 0 Å². The second kappa shape index (κ2) is 7.14. The summed E-state index contributed by atoms with van der Waals surface area (Å²) in [6.45, 7) is 0.208. The molecular weight excluding hydrogens is 438 g/mol. The van der Waals surface area contributed by atoms with Crippen molar-refractivity contribution in [3.63, 3.8) is 0 Å². The average molecular weight is 450 g/mol. The van der Waals surface area contributed by atoms with Crippen molar-refractivity contribution in [1.82, 2.24) is 4.72 Å². The van der Waals surface area contributed by atoms with Gasteiger partial charge >= 0.3 is 0 Å². The van der Waals surface area contributed by atoms with E-state index in [-0.39, 0.29) is 10.8 Å². The minimum atomic E-state index is -3.51. The molecule has 0 amide bonds. The van der Waals surface area contributed by atoms with Gasteiger partial charge in [0.2, 0.25) is 10.0 Å². The Bertz CT molecular complexity index is 883. The Balaban J connectivity index is 1.68. The first kappa shape index (κ1) is 17.3. The number of halogens is 1. The van der Waals surface area contributed by atoms with E-state index < -0.39 is 16.1 Å². The Morgan fingerprint density at radius 2 is 1.96 bits per heavy atom. The molecule has 1 unspecified atom stereocenters. The van der Waals surface area contributed by atoms with Crippen LogP contribution >= 0.6 is 49.9 Å². The van der Waals surface area contributed by atoms with Crippen LogP contribution in [0.5, 0.6) is 0 Å². The topological polar surface area (TPSA) is 66.4 Å². The number of thiophene rings is 3. The Hall–Kier alpha value is -0.550. The molecule has 0 saturated heterocycles. The zero-order valence-electron chi connectivity index (χ0n) is 11.6. The lowest BCUT2D eigenvalue weighted by Crippen LogP contribution is -2.21. The Morgan fingerprint density at radius 1 is 1.13 bits per heavy atom. The Morgan fingerprint density at radius 3 is 2.61 bits per heavy atom. The highest BCUT2D eigenvalue weighted by Crippen LogP contribution is 2.31. The molecular formula is C14H12BrNO3S4. The maximum absolute atomic E-state index is 12.2. The number of rotatable bonds is 6. The van der Waals surface area contributed by atoms with Crippen LogP contribution in [0.25, 0.3) is 0 Å². The van der Waals surface area contributed by atoms with E-state index in [0.717, 1.165) is 18.4 Å². The minimum absolute atomic E-state index is 0.208. The number of nitrogens with one attached hydrogen (secondary N) is 1. The van der Waals surface area contributed by atoms with Crippen LogP contribution in [0.4, 0.5) is 0 Å². The molecule has 0 aromatic carbocycles. The zero-order valence-corrected chi connectivity index (χ0v) is 16.5. The van der Waals surface area contributed by atoms with Crippen molar-refractivity contribution in [2.75, 3.05) is 0 Å². The highest BCUT2D eigenvalue weighted by molar-refractivity contribution is 9.11. The summed E-state index contributed by atoms with van der Waals surface area (Å²) in [4.78, 5) is 2.54. The molecule has 3 aromatic heterocycles. The number of aliphatic hydroxyl groups excluding tert-OH is 1. The third kappa shape index (κ3) is 4.11. The Kier molecular flexibility index (Phi) is 5.36. The summed E-state index contributed by atoms with van der Waals surface area (Å²) < 4.78 is 28.0. The van der Waals surface area contributed by atoms with Gasteiger partial charge in [-0.3, -0.25) is 0 Å². The first-order valence-corrected chi connectivity index (χ1v) is 11.3. The summed E-state index contributed by atoms with van der Waals surface area (Å²) >= 11 is 7.33. The van der Waals surface area contributed by atoms with E-state index in [9.17, 15) is 13.5 Å². The van der Waals surface area contributed by atoms with Crippen LogP contribution in [0, 0.1) is 0 Å². The molecule has 0 bridgehead atoms. The van der Waals surface area contributed by atoms with Crippen molar-refractivity contribution in [2.24, 2.45) is 0 Å². The van der Waals surface area contributed by atoms with Crippen molar-refractivity contribution >= 4 is 60.0 Å². The molecule has 4 nitrogen and oxygen atoms in total. The average Bonchev–Trinajstić information content (AvgIpc) is 3.25. The van der Waals surface area contributed by atoms with Gasteiger partial charge in [0, 0.05) is 21.2 Å². The number of hydrogen-bond acceptors (Lipinski definition) is 6. The largest absolute Gasteiger partial charge is 0.382 e. The molecule has 0 saturated carbocycles. The summed E-state index contributed by atoms with van der Waals surface area (Å²) in [5.74, 6) is 0. The van der Waals surface area contributed by atoms with Crippen LogP contribution in [0.1, 0.15) is 20.7 Å². The molecule has 23 heavy (non-hydrogen) atoms. The van der Waals surface area contributed by atoms with Gasteiger partial charge in [-0.1, -0.05) is 6.07 Å². The van der Waals surface area contributed by atoms with Gasteiger partial charge in [-0.25, -0.2) is 13.1 Å². The van der Waals surface area contributed by atoms with Crippen molar-refractivity contribution < 1.29 is 13.5 Å². The molecule has 0 fully saturated rings. The number of aliphatic hydroxyl groups is 1. The molecule has 0 aliphatic rings. The van der Waals surface area contributed by atoms with Crippen LogP contribution in [0.3, 0.4) is 0 Å². The van der Waals surface area contributed by atoms with Crippen LogP contribution in [-0.4, -0.2) is 13.5 Å². The Labute approximate surface area is 154 Å². The van der Waals surface area contributed by atoms with Crippen LogP contribution in [0.2, 0.25) is 0 Å². The number of sulfonamides is 1. The highest BCUT2D eigenvalue weighted by Gasteiger charge is 2.18. The molecule has 3 heterocycles. The summed E-state index contributed by atoms with van der Waals surface area (Å²) in [6.07, 6.45) is -0.654. The van der Waals surface area contributed by atoms with E-state index >= 15 is 0 Å². The maximum atomic E-state index is 12.2. The van der Waals surface area contributed by atoms with Gasteiger partial charge in [0.05, 0.1) is 3.79 Å². The fourth-order valence-corrected chi connectivity index (χ4v) is 6.82. The molecule has 0 spiro atoms. The third-order valence-corrected chi connectivity index (χ3v) is 8.59. The fraction of sp³-hybridized carbons (Fsp3) is 0.143. The SMILES string of the molecule is O=S(=O)(NCc1ccc(C(O)c2cccs2)s1)c1ccc(Br)s1. The van der Waals surface area contributed by atoms with E-state index in [1.54, 1.807) is 12.1 Å². The molecule has 0 aliphatic heterocycles. The predicted octanol–water partition coefficient (Wildman–Crippen LogP) is 4.19. The quantitative estimate of drug-likeness (QED) is 0.592. The molecule has 3 aromatic rings. The van der Waals surface area contributed by atoms with E-state index in [1.165, 1.54) is 34.0 Å². The monoisotopic (exact) mass is 449 g/mol. The maximum Gasteiger partial charge on any atom is 0.250 e. The summed E-state index contributed by atoms with van der Waals surface area (Å²) in [5.41, 5.74) is 0. The molecule has 2 N–H and O–H groups in total. The lowest BCUT2D eigenvalue weighted by atomic mass is 10.2. The minimum Gasteiger partial charge on any atom is -0.382 e. The highest BCUT2D eigenvalue weighted by atomic mass is 79.9. The van der Waals surface area contributed by atoms with Crippen molar-refractivity contribution in [1.29, 1.82) is 0 Å². The first-order chi connectivity index (χ1) is 11.0. The lowest BCUT2D eigenvalue weighted by Gasteiger charge is -2.05. The lowest BCUT2D eigenvalue weighted by molar-refractivity contribution is 0.228. The smallest absolute Gasteiger partial charge is 0.250 e. The summed E-state index contributed by atoms with van der Waals surface area (Å²) in [7, 11) is -3.51. The molecule has 9 heteroatoms.